The summed E-state index contributed by atoms with van der Waals surface area (Å²) in [6.07, 6.45) is 1.94. The van der Waals surface area contributed by atoms with Gasteiger partial charge >= 0.3 is 0 Å². The molecule has 3 unspecified atom stereocenters. The van der Waals surface area contributed by atoms with Gasteiger partial charge in [-0.15, -0.1) is 0 Å². The van der Waals surface area contributed by atoms with Crippen molar-refractivity contribution in [1.82, 2.24) is 15.5 Å². The van der Waals surface area contributed by atoms with Crippen molar-refractivity contribution in [3.05, 3.63) is 29.3 Å². The highest BCUT2D eigenvalue weighted by Gasteiger charge is 2.40. The zero-order chi connectivity index (χ0) is 17.1. The third-order valence-corrected chi connectivity index (χ3v) is 5.79. The Morgan fingerprint density at radius 3 is 2.56 bits per heavy atom. The maximum atomic E-state index is 12.7. The molecule has 0 spiro atoms. The molecule has 5 aliphatic rings. The van der Waals surface area contributed by atoms with Crippen LogP contribution in [0.2, 0.25) is 0 Å². The molecule has 5 heterocycles. The summed E-state index contributed by atoms with van der Waals surface area (Å²) < 4.78 is 0. The number of nitrogens with zero attached hydrogens (tertiary/aromatic N) is 2. The van der Waals surface area contributed by atoms with Crippen LogP contribution in [0, 0.1) is 0 Å². The van der Waals surface area contributed by atoms with Gasteiger partial charge in [-0.05, 0) is 36.6 Å². The Labute approximate surface area is 145 Å². The van der Waals surface area contributed by atoms with Crippen LogP contribution in [0.4, 0.5) is 5.69 Å². The topological polar surface area (TPSA) is 81.8 Å². The zero-order valence-corrected chi connectivity index (χ0v) is 13.8. The minimum Gasteiger partial charge on any atom is -0.368 e. The minimum atomic E-state index is -0.548. The monoisotopic (exact) mass is 340 g/mol. The second-order valence-electron chi connectivity index (χ2n) is 7.44. The number of rotatable bonds is 2. The van der Waals surface area contributed by atoms with Crippen molar-refractivity contribution in [2.45, 2.75) is 43.9 Å². The Morgan fingerprint density at radius 2 is 1.84 bits per heavy atom. The van der Waals surface area contributed by atoms with Crippen LogP contribution in [0.5, 0.6) is 0 Å². The first-order valence-corrected chi connectivity index (χ1v) is 8.87. The summed E-state index contributed by atoms with van der Waals surface area (Å²) in [6, 6.07) is 6.58. The van der Waals surface area contributed by atoms with Crippen LogP contribution in [-0.2, 0) is 16.1 Å². The SMILES string of the molecule is O=C1CCC(N2Cc3cc(N4CC5CC(C4)N5)ccc3C2=O)C(=O)N1. The molecule has 0 radical (unpaired) electrons. The predicted molar refractivity (Wildman–Crippen MR) is 90.0 cm³/mol. The first-order chi connectivity index (χ1) is 12.1. The van der Waals surface area contributed by atoms with Gasteiger partial charge in [0.05, 0.1) is 0 Å². The summed E-state index contributed by atoms with van der Waals surface area (Å²) in [5, 5.41) is 5.86. The van der Waals surface area contributed by atoms with E-state index in [4.69, 9.17) is 0 Å². The number of hydrogen-bond acceptors (Lipinski definition) is 5. The van der Waals surface area contributed by atoms with Crippen LogP contribution in [0.15, 0.2) is 18.2 Å². The van der Waals surface area contributed by atoms with Gasteiger partial charge < -0.3 is 15.1 Å². The second kappa shape index (κ2) is 5.29. The zero-order valence-electron chi connectivity index (χ0n) is 13.8. The van der Waals surface area contributed by atoms with E-state index in [1.165, 1.54) is 6.42 Å². The number of anilines is 1. The number of imide groups is 1. The third-order valence-electron chi connectivity index (χ3n) is 5.79. The maximum Gasteiger partial charge on any atom is 0.255 e. The average molecular weight is 340 g/mol. The maximum absolute atomic E-state index is 12.7. The van der Waals surface area contributed by atoms with Gasteiger partial charge in [0.25, 0.3) is 5.91 Å². The molecule has 3 amide bonds. The standard InChI is InChI=1S/C18H20N4O3/c23-16-4-3-15(17(24)20-16)22-7-10-5-13(1-2-14(10)18(22)25)21-8-11-6-12(9-21)19-11/h1-2,5,11-12,15,19H,3-4,6-9H2,(H,20,23,24). The Morgan fingerprint density at radius 1 is 1.08 bits per heavy atom. The number of benzene rings is 1. The predicted octanol–water partition coefficient (Wildman–Crippen LogP) is -0.00190. The lowest BCUT2D eigenvalue weighted by Gasteiger charge is -2.49. The van der Waals surface area contributed by atoms with E-state index in [2.05, 4.69) is 21.6 Å². The summed E-state index contributed by atoms with van der Waals surface area (Å²) in [4.78, 5) is 40.1. The molecule has 4 fully saturated rings. The van der Waals surface area contributed by atoms with Gasteiger partial charge in [-0.2, -0.15) is 0 Å². The van der Waals surface area contributed by atoms with Gasteiger partial charge in [-0.25, -0.2) is 0 Å². The molecule has 7 nitrogen and oxygen atoms in total. The molecule has 4 saturated heterocycles. The number of piperazine rings is 1. The smallest absolute Gasteiger partial charge is 0.255 e. The molecular formula is C18H20N4O3. The molecule has 0 saturated carbocycles. The quantitative estimate of drug-likeness (QED) is 0.741. The van der Waals surface area contributed by atoms with Crippen LogP contribution in [-0.4, -0.2) is 53.8 Å². The van der Waals surface area contributed by atoms with E-state index < -0.39 is 6.04 Å². The third kappa shape index (κ3) is 2.33. The van der Waals surface area contributed by atoms with Crippen LogP contribution >= 0.6 is 0 Å². The van der Waals surface area contributed by atoms with Crippen molar-refractivity contribution in [3.63, 3.8) is 0 Å². The number of nitrogens with one attached hydrogen (secondary N) is 2. The molecule has 130 valence electrons. The number of amides is 3. The molecule has 0 aromatic heterocycles. The number of carbonyl (C=O) groups excluding carboxylic acids is 3. The number of hydrogen-bond donors (Lipinski definition) is 2. The first kappa shape index (κ1) is 14.9. The lowest BCUT2D eigenvalue weighted by molar-refractivity contribution is -0.136. The lowest BCUT2D eigenvalue weighted by atomic mass is 9.91. The molecule has 2 bridgehead atoms. The van der Waals surface area contributed by atoms with Crippen molar-refractivity contribution in [3.8, 4) is 0 Å². The average Bonchev–Trinajstić information content (AvgIpc) is 2.90. The highest BCUT2D eigenvalue weighted by atomic mass is 16.2. The number of piperidine rings is 2. The molecule has 25 heavy (non-hydrogen) atoms. The second-order valence-corrected chi connectivity index (χ2v) is 7.44. The van der Waals surface area contributed by atoms with Gasteiger partial charge in [0.1, 0.15) is 6.04 Å². The largest absolute Gasteiger partial charge is 0.368 e. The Kier molecular flexibility index (Phi) is 3.15. The molecule has 1 aromatic carbocycles. The fraction of sp³-hybridized carbons (Fsp3) is 0.500. The molecule has 1 aromatic rings. The Hall–Kier alpha value is -2.41. The summed E-state index contributed by atoms with van der Waals surface area (Å²) in [7, 11) is 0. The lowest BCUT2D eigenvalue weighted by Crippen LogP contribution is -2.67. The van der Waals surface area contributed by atoms with Crippen molar-refractivity contribution < 1.29 is 14.4 Å². The summed E-state index contributed by atoms with van der Waals surface area (Å²) in [5.74, 6) is -0.732. The Balaban J connectivity index is 1.37. The van der Waals surface area contributed by atoms with E-state index in [9.17, 15) is 14.4 Å². The molecule has 7 heteroatoms. The molecular weight excluding hydrogens is 320 g/mol. The fourth-order valence-corrected chi connectivity index (χ4v) is 4.48. The Bertz CT molecular complexity index is 777. The van der Waals surface area contributed by atoms with Crippen LogP contribution in [0.1, 0.15) is 35.2 Å². The molecule has 3 atom stereocenters. The normalized spacial score (nSPS) is 30.9. The molecule has 0 aliphatic carbocycles. The van der Waals surface area contributed by atoms with Gasteiger partial charge in [-0.3, -0.25) is 19.7 Å². The minimum absolute atomic E-state index is 0.112. The van der Waals surface area contributed by atoms with Crippen molar-refractivity contribution >= 4 is 23.4 Å². The molecule has 2 N–H and O–H groups in total. The summed E-state index contributed by atoms with van der Waals surface area (Å²) in [6.45, 7) is 2.44. The van der Waals surface area contributed by atoms with E-state index in [0.29, 0.717) is 30.6 Å². The van der Waals surface area contributed by atoms with E-state index in [0.717, 1.165) is 24.3 Å². The van der Waals surface area contributed by atoms with Gasteiger partial charge in [0.2, 0.25) is 11.8 Å². The summed E-state index contributed by atoms with van der Waals surface area (Å²) in [5.41, 5.74) is 2.79. The van der Waals surface area contributed by atoms with Crippen LogP contribution < -0.4 is 15.5 Å². The van der Waals surface area contributed by atoms with Crippen molar-refractivity contribution in [2.75, 3.05) is 18.0 Å². The van der Waals surface area contributed by atoms with Crippen molar-refractivity contribution in [2.24, 2.45) is 0 Å². The first-order valence-electron chi connectivity index (χ1n) is 8.87. The number of carbonyl (C=O) groups is 3. The van der Waals surface area contributed by atoms with Gasteiger partial charge in [0.15, 0.2) is 0 Å². The fourth-order valence-electron chi connectivity index (χ4n) is 4.48. The number of fused-ring (bicyclic) bond motifs is 3. The van der Waals surface area contributed by atoms with E-state index >= 15 is 0 Å². The van der Waals surface area contributed by atoms with E-state index in [-0.39, 0.29) is 24.1 Å². The van der Waals surface area contributed by atoms with E-state index in [1.807, 2.05) is 12.1 Å². The van der Waals surface area contributed by atoms with Crippen LogP contribution in [0.25, 0.3) is 0 Å². The van der Waals surface area contributed by atoms with Crippen molar-refractivity contribution in [1.29, 1.82) is 0 Å². The van der Waals surface area contributed by atoms with Crippen LogP contribution in [0.3, 0.4) is 0 Å². The van der Waals surface area contributed by atoms with E-state index in [1.54, 1.807) is 4.90 Å². The highest BCUT2D eigenvalue weighted by molar-refractivity contribution is 6.05. The molecule has 5 aliphatic heterocycles. The molecule has 6 rings (SSSR count). The summed E-state index contributed by atoms with van der Waals surface area (Å²) >= 11 is 0. The highest BCUT2D eigenvalue weighted by Crippen LogP contribution is 2.32. The van der Waals surface area contributed by atoms with Gasteiger partial charge in [-0.1, -0.05) is 0 Å². The van der Waals surface area contributed by atoms with Gasteiger partial charge in [0, 0.05) is 49.4 Å².